The van der Waals surface area contributed by atoms with Gasteiger partial charge in [0.25, 0.3) is 5.82 Å². The van der Waals surface area contributed by atoms with E-state index in [0.717, 1.165) is 0 Å². The van der Waals surface area contributed by atoms with Crippen LogP contribution in [0.2, 0.25) is 0 Å². The molecular formula is C30H59N2+. The fourth-order valence-corrected chi connectivity index (χ4v) is 4.96. The molecular weight excluding hydrogens is 388 g/mol. The van der Waals surface area contributed by atoms with Crippen LogP contribution in [-0.2, 0) is 19.5 Å². The molecule has 1 aromatic rings. The lowest BCUT2D eigenvalue weighted by Gasteiger charge is -2.06. The highest BCUT2D eigenvalue weighted by Gasteiger charge is 2.15. The van der Waals surface area contributed by atoms with Gasteiger partial charge in [0, 0.05) is 6.42 Å². The molecule has 0 spiro atoms. The first kappa shape index (κ1) is 29.2. The molecule has 0 unspecified atom stereocenters. The lowest BCUT2D eigenvalue weighted by atomic mass is 10.0. The summed E-state index contributed by atoms with van der Waals surface area (Å²) in [6, 6.07) is 0. The number of rotatable bonds is 24. The second-order valence-electron chi connectivity index (χ2n) is 10.2. The van der Waals surface area contributed by atoms with Crippen LogP contribution in [0.3, 0.4) is 0 Å². The van der Waals surface area contributed by atoms with Crippen LogP contribution in [0.5, 0.6) is 0 Å². The van der Waals surface area contributed by atoms with Gasteiger partial charge in [0.05, 0.1) is 13.1 Å². The van der Waals surface area contributed by atoms with Crippen molar-refractivity contribution in [3.8, 4) is 0 Å². The highest BCUT2D eigenvalue weighted by Crippen LogP contribution is 2.13. The first-order valence-corrected chi connectivity index (χ1v) is 14.9. The highest BCUT2D eigenvalue weighted by atomic mass is 15.1. The van der Waals surface area contributed by atoms with Crippen molar-refractivity contribution in [1.29, 1.82) is 0 Å². The highest BCUT2D eigenvalue weighted by molar-refractivity contribution is 4.84. The summed E-state index contributed by atoms with van der Waals surface area (Å²) in [6.45, 7) is 9.36. The normalized spacial score (nSPS) is 11.5. The molecule has 2 nitrogen and oxygen atoms in total. The summed E-state index contributed by atoms with van der Waals surface area (Å²) in [5, 5.41) is 0. The number of aromatic nitrogens is 2. The van der Waals surface area contributed by atoms with Crippen molar-refractivity contribution < 1.29 is 4.57 Å². The smallest absolute Gasteiger partial charge is 0.234 e. The summed E-state index contributed by atoms with van der Waals surface area (Å²) in [5.41, 5.74) is 0. The molecule has 0 saturated heterocycles. The average Bonchev–Trinajstić information content (AvgIpc) is 3.18. The van der Waals surface area contributed by atoms with E-state index in [2.05, 4.69) is 42.3 Å². The number of nitrogens with zero attached hydrogens (tertiary/aromatic N) is 2. The summed E-state index contributed by atoms with van der Waals surface area (Å²) < 4.78 is 5.11. The third-order valence-electron chi connectivity index (χ3n) is 7.07. The van der Waals surface area contributed by atoms with E-state index in [9.17, 15) is 0 Å². The van der Waals surface area contributed by atoms with E-state index in [1.54, 1.807) is 5.82 Å². The van der Waals surface area contributed by atoms with Crippen LogP contribution in [0.25, 0.3) is 0 Å². The zero-order chi connectivity index (χ0) is 23.1. The fraction of sp³-hybridized carbons (Fsp3) is 0.900. The van der Waals surface area contributed by atoms with Crippen molar-refractivity contribution in [2.45, 2.75) is 175 Å². The summed E-state index contributed by atoms with van der Waals surface area (Å²) in [6.07, 6.45) is 35.6. The molecule has 1 heterocycles. The van der Waals surface area contributed by atoms with Crippen LogP contribution in [0.1, 0.15) is 161 Å². The molecule has 0 aliphatic carbocycles. The van der Waals surface area contributed by atoms with Crippen LogP contribution < -0.4 is 4.57 Å². The Balaban J connectivity index is 2.09. The van der Waals surface area contributed by atoms with Crippen molar-refractivity contribution in [3.05, 3.63) is 18.2 Å². The summed E-state index contributed by atoms with van der Waals surface area (Å²) >= 11 is 0. The van der Waals surface area contributed by atoms with Gasteiger partial charge in [0.15, 0.2) is 0 Å². The van der Waals surface area contributed by atoms with Crippen molar-refractivity contribution in [1.82, 2.24) is 4.57 Å². The second-order valence-corrected chi connectivity index (χ2v) is 10.2. The van der Waals surface area contributed by atoms with E-state index < -0.39 is 0 Å². The van der Waals surface area contributed by atoms with Crippen LogP contribution in [-0.4, -0.2) is 4.57 Å². The lowest BCUT2D eigenvalue weighted by Crippen LogP contribution is -2.37. The van der Waals surface area contributed by atoms with Crippen LogP contribution >= 0.6 is 0 Å². The van der Waals surface area contributed by atoms with Gasteiger partial charge in [0.2, 0.25) is 0 Å². The number of aryl methyl sites for hydroxylation is 2. The Morgan fingerprint density at radius 1 is 0.531 bits per heavy atom. The predicted molar refractivity (Wildman–Crippen MR) is 142 cm³/mol. The van der Waals surface area contributed by atoms with E-state index in [1.807, 2.05) is 0 Å². The van der Waals surface area contributed by atoms with Crippen molar-refractivity contribution in [3.63, 3.8) is 0 Å². The predicted octanol–water partition coefficient (Wildman–Crippen LogP) is 9.57. The maximum Gasteiger partial charge on any atom is 0.256 e. The van der Waals surface area contributed by atoms with Crippen LogP contribution in [0.4, 0.5) is 0 Å². The SMILES string of the molecule is CCCCCCCCCCCCCCCn1cc[n+](CCCCCCCCC)c1CCC. The Morgan fingerprint density at radius 2 is 0.969 bits per heavy atom. The molecule has 0 aliphatic rings. The van der Waals surface area contributed by atoms with E-state index in [-0.39, 0.29) is 0 Å². The molecule has 0 fully saturated rings. The molecule has 0 aromatic carbocycles. The van der Waals surface area contributed by atoms with Gasteiger partial charge in [-0.05, 0) is 32.1 Å². The maximum atomic E-state index is 2.56. The van der Waals surface area contributed by atoms with Crippen molar-refractivity contribution >= 4 is 0 Å². The topological polar surface area (TPSA) is 8.81 Å². The van der Waals surface area contributed by atoms with E-state index in [0.29, 0.717) is 0 Å². The Kier molecular flexibility index (Phi) is 20.1. The van der Waals surface area contributed by atoms with Gasteiger partial charge in [-0.3, -0.25) is 0 Å². The molecule has 2 heteroatoms. The van der Waals surface area contributed by atoms with Gasteiger partial charge in [-0.15, -0.1) is 0 Å². The molecule has 0 radical (unpaired) electrons. The third-order valence-corrected chi connectivity index (χ3v) is 7.07. The van der Waals surface area contributed by atoms with Gasteiger partial charge < -0.3 is 0 Å². The maximum absolute atomic E-state index is 2.56. The van der Waals surface area contributed by atoms with E-state index >= 15 is 0 Å². The fourth-order valence-electron chi connectivity index (χ4n) is 4.96. The molecule has 0 atom stereocenters. The Labute approximate surface area is 202 Å². The van der Waals surface area contributed by atoms with Gasteiger partial charge in [-0.1, -0.05) is 124 Å². The van der Waals surface area contributed by atoms with Crippen molar-refractivity contribution in [2.75, 3.05) is 0 Å². The molecule has 1 rings (SSSR count). The number of imidazole rings is 1. The molecule has 0 amide bonds. The quantitative estimate of drug-likeness (QED) is 0.110. The summed E-state index contributed by atoms with van der Waals surface area (Å²) in [7, 11) is 0. The Bertz CT molecular complexity index is 505. The minimum Gasteiger partial charge on any atom is -0.234 e. The van der Waals surface area contributed by atoms with Crippen LogP contribution in [0.15, 0.2) is 12.4 Å². The van der Waals surface area contributed by atoms with Gasteiger partial charge in [-0.2, -0.15) is 0 Å². The van der Waals surface area contributed by atoms with Gasteiger partial charge in [-0.25, -0.2) is 9.13 Å². The minimum atomic E-state index is 1.22. The summed E-state index contributed by atoms with van der Waals surface area (Å²) in [4.78, 5) is 0. The molecule has 0 N–H and O–H groups in total. The number of unbranched alkanes of at least 4 members (excludes halogenated alkanes) is 18. The monoisotopic (exact) mass is 447 g/mol. The molecule has 188 valence electrons. The number of hydrogen-bond acceptors (Lipinski definition) is 0. The summed E-state index contributed by atoms with van der Waals surface area (Å²) in [5.74, 6) is 1.57. The number of hydrogen-bond donors (Lipinski definition) is 0. The average molecular weight is 448 g/mol. The molecule has 0 bridgehead atoms. The van der Waals surface area contributed by atoms with Crippen LogP contribution in [0, 0.1) is 0 Å². The molecule has 32 heavy (non-hydrogen) atoms. The second kappa shape index (κ2) is 22.0. The standard InChI is InChI=1S/C30H59N2/c1-4-7-9-11-13-14-15-16-17-18-20-22-24-27-32-29-28-31(30(32)25-6-3)26-23-21-19-12-10-8-5-2/h28-29H,4-27H2,1-3H3/q+1. The Hall–Kier alpha value is -0.790. The first-order chi connectivity index (χ1) is 15.8. The molecule has 0 aliphatic heterocycles. The van der Waals surface area contributed by atoms with E-state index in [4.69, 9.17) is 0 Å². The molecule has 1 aromatic heterocycles. The minimum absolute atomic E-state index is 1.22. The first-order valence-electron chi connectivity index (χ1n) is 14.9. The Morgan fingerprint density at radius 3 is 1.44 bits per heavy atom. The lowest BCUT2D eigenvalue weighted by molar-refractivity contribution is -0.704. The molecule has 0 saturated carbocycles. The third kappa shape index (κ3) is 15.1. The zero-order valence-corrected chi connectivity index (χ0v) is 22.5. The zero-order valence-electron chi connectivity index (χ0n) is 22.5. The van der Waals surface area contributed by atoms with E-state index in [1.165, 1.54) is 154 Å². The largest absolute Gasteiger partial charge is 0.256 e. The van der Waals surface area contributed by atoms with Gasteiger partial charge in [0.1, 0.15) is 12.4 Å². The van der Waals surface area contributed by atoms with Gasteiger partial charge >= 0.3 is 0 Å². The van der Waals surface area contributed by atoms with Crippen molar-refractivity contribution in [2.24, 2.45) is 0 Å².